The van der Waals surface area contributed by atoms with Gasteiger partial charge in [-0.15, -0.1) is 0 Å². The van der Waals surface area contributed by atoms with Crippen LogP contribution in [0.1, 0.15) is 47.8 Å². The molecule has 1 fully saturated rings. The van der Waals surface area contributed by atoms with E-state index in [-0.39, 0.29) is 5.56 Å². The predicted octanol–water partition coefficient (Wildman–Crippen LogP) is 3.11. The number of aryl methyl sites for hydroxylation is 2. The van der Waals surface area contributed by atoms with Gasteiger partial charge in [0, 0.05) is 24.0 Å². The second-order valence-corrected chi connectivity index (χ2v) is 6.17. The van der Waals surface area contributed by atoms with Crippen molar-refractivity contribution in [2.75, 3.05) is 6.54 Å². The first-order chi connectivity index (χ1) is 10.6. The molecule has 0 aromatic carbocycles. The molecule has 0 saturated carbocycles. The third-order valence-electron chi connectivity index (χ3n) is 4.59. The number of aromatic nitrogens is 2. The van der Waals surface area contributed by atoms with E-state index >= 15 is 0 Å². The summed E-state index contributed by atoms with van der Waals surface area (Å²) >= 11 is 0. The molecule has 1 saturated heterocycles. The van der Waals surface area contributed by atoms with E-state index in [0.29, 0.717) is 12.6 Å². The zero-order valence-corrected chi connectivity index (χ0v) is 13.3. The number of nitrogens with one attached hydrogen (secondary N) is 1. The van der Waals surface area contributed by atoms with Gasteiger partial charge in [0.2, 0.25) is 0 Å². The summed E-state index contributed by atoms with van der Waals surface area (Å²) in [5.41, 5.74) is 4.09. The second kappa shape index (κ2) is 6.44. The molecule has 3 heterocycles. The number of H-pyrrole nitrogens is 1. The minimum Gasteiger partial charge on any atom is -0.326 e. The molecule has 2 aromatic heterocycles. The molecule has 1 atom stereocenters. The highest BCUT2D eigenvalue weighted by molar-refractivity contribution is 5.23. The average molecular weight is 297 g/mol. The highest BCUT2D eigenvalue weighted by Crippen LogP contribution is 2.30. The molecular formula is C18H23N3O. The number of likely N-dealkylation sites (tertiary alicyclic amines) is 1. The van der Waals surface area contributed by atoms with Crippen LogP contribution in [0.4, 0.5) is 0 Å². The smallest absolute Gasteiger partial charge is 0.252 e. The van der Waals surface area contributed by atoms with E-state index in [9.17, 15) is 4.79 Å². The van der Waals surface area contributed by atoms with Crippen LogP contribution in [0, 0.1) is 13.8 Å². The molecule has 4 nitrogen and oxygen atoms in total. The van der Waals surface area contributed by atoms with Gasteiger partial charge in [-0.3, -0.25) is 14.7 Å². The first-order valence-electron chi connectivity index (χ1n) is 7.99. The normalized spacial score (nSPS) is 19.3. The van der Waals surface area contributed by atoms with Crippen LogP contribution in [-0.4, -0.2) is 21.4 Å². The minimum absolute atomic E-state index is 0.0356. The molecule has 116 valence electrons. The van der Waals surface area contributed by atoms with Crippen molar-refractivity contribution in [3.05, 3.63) is 63.3 Å². The molecule has 0 spiro atoms. The topological polar surface area (TPSA) is 49.0 Å². The number of hydrogen-bond donors (Lipinski definition) is 1. The Balaban J connectivity index is 1.86. The van der Waals surface area contributed by atoms with E-state index in [0.717, 1.165) is 35.5 Å². The maximum atomic E-state index is 12.2. The summed E-state index contributed by atoms with van der Waals surface area (Å²) in [4.78, 5) is 22.1. The van der Waals surface area contributed by atoms with Gasteiger partial charge >= 0.3 is 0 Å². The Morgan fingerprint density at radius 1 is 1.32 bits per heavy atom. The van der Waals surface area contributed by atoms with Gasteiger partial charge in [-0.05, 0) is 57.0 Å². The molecular weight excluding hydrogens is 274 g/mol. The van der Waals surface area contributed by atoms with Gasteiger partial charge in [-0.1, -0.05) is 12.5 Å². The van der Waals surface area contributed by atoms with Gasteiger partial charge in [0.25, 0.3) is 5.56 Å². The molecule has 4 heteroatoms. The Morgan fingerprint density at radius 2 is 2.18 bits per heavy atom. The van der Waals surface area contributed by atoms with E-state index in [1.807, 2.05) is 38.2 Å². The lowest BCUT2D eigenvalue weighted by Crippen LogP contribution is -2.35. The van der Waals surface area contributed by atoms with Gasteiger partial charge in [0.15, 0.2) is 0 Å². The molecule has 1 aliphatic heterocycles. The number of nitrogens with zero attached hydrogens (tertiary/aromatic N) is 2. The van der Waals surface area contributed by atoms with Crippen molar-refractivity contribution in [1.82, 2.24) is 14.9 Å². The lowest BCUT2D eigenvalue weighted by atomic mass is 9.98. The van der Waals surface area contributed by atoms with Crippen molar-refractivity contribution in [3.63, 3.8) is 0 Å². The fourth-order valence-corrected chi connectivity index (χ4v) is 3.21. The van der Waals surface area contributed by atoms with Crippen LogP contribution in [0.2, 0.25) is 0 Å². The van der Waals surface area contributed by atoms with Crippen molar-refractivity contribution in [3.8, 4) is 0 Å². The Labute approximate surface area is 131 Å². The first kappa shape index (κ1) is 15.0. The van der Waals surface area contributed by atoms with Crippen LogP contribution >= 0.6 is 0 Å². The third kappa shape index (κ3) is 3.12. The minimum atomic E-state index is 0.0356. The van der Waals surface area contributed by atoms with E-state index in [1.165, 1.54) is 12.8 Å². The van der Waals surface area contributed by atoms with Crippen LogP contribution in [0.15, 0.2) is 35.3 Å². The average Bonchev–Trinajstić information content (AvgIpc) is 2.54. The molecule has 1 aliphatic rings. The second-order valence-electron chi connectivity index (χ2n) is 6.17. The molecule has 0 amide bonds. The Kier molecular flexibility index (Phi) is 4.39. The summed E-state index contributed by atoms with van der Waals surface area (Å²) in [6.07, 6.45) is 5.37. The lowest BCUT2D eigenvalue weighted by molar-refractivity contribution is 0.136. The van der Waals surface area contributed by atoms with Crippen LogP contribution < -0.4 is 5.56 Å². The van der Waals surface area contributed by atoms with Gasteiger partial charge in [0.1, 0.15) is 0 Å². The van der Waals surface area contributed by atoms with Gasteiger partial charge in [-0.2, -0.15) is 0 Å². The maximum absolute atomic E-state index is 12.2. The van der Waals surface area contributed by atoms with Crippen molar-refractivity contribution in [2.45, 2.75) is 45.7 Å². The van der Waals surface area contributed by atoms with Crippen molar-refractivity contribution in [2.24, 2.45) is 0 Å². The SMILES string of the molecule is Cc1cc(CN2CCCCC2c2ccccn2)c(=O)[nH]c1C. The highest BCUT2D eigenvalue weighted by Gasteiger charge is 2.25. The lowest BCUT2D eigenvalue weighted by Gasteiger charge is -2.35. The Hall–Kier alpha value is -1.94. The zero-order chi connectivity index (χ0) is 15.5. The molecule has 0 radical (unpaired) electrons. The number of piperidine rings is 1. The van der Waals surface area contributed by atoms with E-state index in [1.54, 1.807) is 0 Å². The van der Waals surface area contributed by atoms with Gasteiger partial charge < -0.3 is 4.98 Å². The Morgan fingerprint density at radius 3 is 2.95 bits per heavy atom. The Bertz CT molecular complexity index is 693. The number of pyridine rings is 2. The number of rotatable bonds is 3. The molecule has 0 bridgehead atoms. The summed E-state index contributed by atoms with van der Waals surface area (Å²) in [5.74, 6) is 0. The molecule has 1 unspecified atom stereocenters. The molecule has 3 rings (SSSR count). The fraction of sp³-hybridized carbons (Fsp3) is 0.444. The third-order valence-corrected chi connectivity index (χ3v) is 4.59. The monoisotopic (exact) mass is 297 g/mol. The number of hydrogen-bond acceptors (Lipinski definition) is 3. The summed E-state index contributed by atoms with van der Waals surface area (Å²) in [5, 5.41) is 0. The summed E-state index contributed by atoms with van der Waals surface area (Å²) in [6.45, 7) is 5.70. The fourth-order valence-electron chi connectivity index (χ4n) is 3.21. The van der Waals surface area contributed by atoms with Gasteiger partial charge in [-0.25, -0.2) is 0 Å². The summed E-state index contributed by atoms with van der Waals surface area (Å²) in [7, 11) is 0. The van der Waals surface area contributed by atoms with Crippen LogP contribution in [0.5, 0.6) is 0 Å². The number of aromatic amines is 1. The van der Waals surface area contributed by atoms with Crippen molar-refractivity contribution >= 4 is 0 Å². The van der Waals surface area contributed by atoms with Crippen LogP contribution in [-0.2, 0) is 6.54 Å². The first-order valence-corrected chi connectivity index (χ1v) is 7.99. The van der Waals surface area contributed by atoms with Gasteiger partial charge in [0.05, 0.1) is 11.7 Å². The summed E-state index contributed by atoms with van der Waals surface area (Å²) in [6, 6.07) is 8.42. The molecule has 1 N–H and O–H groups in total. The predicted molar refractivity (Wildman–Crippen MR) is 87.8 cm³/mol. The van der Waals surface area contributed by atoms with E-state index < -0.39 is 0 Å². The standard InChI is InChI=1S/C18H23N3O/c1-13-11-15(18(22)20-14(13)2)12-21-10-6-4-8-17(21)16-7-3-5-9-19-16/h3,5,7,9,11,17H,4,6,8,10,12H2,1-2H3,(H,20,22). The van der Waals surface area contributed by atoms with Crippen molar-refractivity contribution in [1.29, 1.82) is 0 Å². The van der Waals surface area contributed by atoms with E-state index in [4.69, 9.17) is 0 Å². The molecule has 22 heavy (non-hydrogen) atoms. The molecule has 2 aromatic rings. The van der Waals surface area contributed by atoms with Crippen LogP contribution in [0.25, 0.3) is 0 Å². The summed E-state index contributed by atoms with van der Waals surface area (Å²) < 4.78 is 0. The van der Waals surface area contributed by atoms with Crippen molar-refractivity contribution < 1.29 is 0 Å². The van der Waals surface area contributed by atoms with E-state index in [2.05, 4.69) is 20.9 Å². The largest absolute Gasteiger partial charge is 0.326 e. The van der Waals surface area contributed by atoms with Crippen LogP contribution in [0.3, 0.4) is 0 Å². The zero-order valence-electron chi connectivity index (χ0n) is 13.3. The molecule has 0 aliphatic carbocycles. The quantitative estimate of drug-likeness (QED) is 0.947. The maximum Gasteiger partial charge on any atom is 0.252 e. The highest BCUT2D eigenvalue weighted by atomic mass is 16.1.